The second kappa shape index (κ2) is 5.43. The van der Waals surface area contributed by atoms with Crippen molar-refractivity contribution in [3.63, 3.8) is 0 Å². The highest BCUT2D eigenvalue weighted by Crippen LogP contribution is 2.65. The maximum absolute atomic E-state index is 12.0. The Morgan fingerprint density at radius 1 is 1.08 bits per heavy atom. The zero-order valence-electron chi connectivity index (χ0n) is 15.8. The number of allylic oxidation sites excluding steroid dienone is 3. The van der Waals surface area contributed by atoms with Gasteiger partial charge in [-0.3, -0.25) is 4.79 Å². The second-order valence-electron chi connectivity index (χ2n) is 9.59. The first-order chi connectivity index (χ1) is 12.4. The SMILES string of the molecule is CC12CCC3C(CCC4CC(=O)CCC43C)C1=CC=C2C1=CC(=O)OC1. The highest BCUT2D eigenvalue weighted by molar-refractivity contribution is 5.87. The predicted molar refractivity (Wildman–Crippen MR) is 99.2 cm³/mol. The molecule has 5 atom stereocenters. The van der Waals surface area contributed by atoms with E-state index in [-0.39, 0.29) is 11.4 Å². The lowest BCUT2D eigenvalue weighted by Gasteiger charge is -2.58. The molecule has 3 fully saturated rings. The van der Waals surface area contributed by atoms with Crippen LogP contribution in [0.1, 0.15) is 58.8 Å². The number of rotatable bonds is 1. The fraction of sp³-hybridized carbons (Fsp3) is 0.652. The zero-order chi connectivity index (χ0) is 18.1. The first-order valence-corrected chi connectivity index (χ1v) is 10.2. The summed E-state index contributed by atoms with van der Waals surface area (Å²) in [5, 5.41) is 0. The Morgan fingerprint density at radius 2 is 1.92 bits per heavy atom. The average molecular weight is 352 g/mol. The van der Waals surface area contributed by atoms with Gasteiger partial charge in [0.2, 0.25) is 0 Å². The first-order valence-electron chi connectivity index (χ1n) is 10.2. The smallest absolute Gasteiger partial charge is 0.331 e. The van der Waals surface area contributed by atoms with Gasteiger partial charge in [0.15, 0.2) is 0 Å². The molecule has 3 heteroatoms. The minimum atomic E-state index is -0.202. The summed E-state index contributed by atoms with van der Waals surface area (Å²) in [6.45, 7) is 5.27. The molecule has 0 amide bonds. The van der Waals surface area contributed by atoms with Gasteiger partial charge >= 0.3 is 5.97 Å². The van der Waals surface area contributed by atoms with Crippen LogP contribution in [0.5, 0.6) is 0 Å². The number of cyclic esters (lactones) is 1. The van der Waals surface area contributed by atoms with Gasteiger partial charge < -0.3 is 4.74 Å². The molecule has 3 saturated carbocycles. The molecule has 0 saturated heterocycles. The lowest BCUT2D eigenvalue weighted by Crippen LogP contribution is -2.51. The fourth-order valence-corrected chi connectivity index (χ4v) is 7.03. The molecular weight excluding hydrogens is 324 g/mol. The second-order valence-corrected chi connectivity index (χ2v) is 9.59. The van der Waals surface area contributed by atoms with E-state index in [1.165, 1.54) is 24.8 Å². The monoisotopic (exact) mass is 352 g/mol. The van der Waals surface area contributed by atoms with Crippen molar-refractivity contribution in [1.29, 1.82) is 0 Å². The minimum absolute atomic E-state index is 0.0641. The number of ketones is 1. The van der Waals surface area contributed by atoms with Crippen molar-refractivity contribution < 1.29 is 14.3 Å². The third-order valence-corrected chi connectivity index (χ3v) is 8.53. The van der Waals surface area contributed by atoms with Crippen LogP contribution in [0.15, 0.2) is 34.9 Å². The molecule has 0 radical (unpaired) electrons. The van der Waals surface area contributed by atoms with Gasteiger partial charge in [-0.15, -0.1) is 0 Å². The number of hydrogen-bond acceptors (Lipinski definition) is 3. The van der Waals surface area contributed by atoms with Crippen LogP contribution in [0.3, 0.4) is 0 Å². The number of carbonyl (C=O) groups is 2. The van der Waals surface area contributed by atoms with Crippen LogP contribution in [0, 0.1) is 28.6 Å². The number of esters is 1. The van der Waals surface area contributed by atoms with E-state index in [1.807, 2.05) is 0 Å². The summed E-state index contributed by atoms with van der Waals surface area (Å²) in [7, 11) is 0. The number of carbonyl (C=O) groups excluding carboxylic acids is 2. The van der Waals surface area contributed by atoms with Crippen molar-refractivity contribution in [2.45, 2.75) is 58.8 Å². The first kappa shape index (κ1) is 16.5. The van der Waals surface area contributed by atoms with Gasteiger partial charge in [0.25, 0.3) is 0 Å². The Bertz CT molecular complexity index is 785. The third-order valence-electron chi connectivity index (χ3n) is 8.53. The molecular formula is C23H28O3. The lowest BCUT2D eigenvalue weighted by molar-refractivity contribution is -0.135. The van der Waals surface area contributed by atoms with Gasteiger partial charge in [-0.05, 0) is 60.8 Å². The van der Waals surface area contributed by atoms with Crippen molar-refractivity contribution in [2.24, 2.45) is 28.6 Å². The predicted octanol–water partition coefficient (Wildman–Crippen LogP) is 4.54. The maximum Gasteiger partial charge on any atom is 0.331 e. The number of ether oxygens (including phenoxy) is 1. The average Bonchev–Trinajstić information content (AvgIpc) is 3.18. The molecule has 0 spiro atoms. The highest BCUT2D eigenvalue weighted by Gasteiger charge is 2.56. The molecule has 1 heterocycles. The topological polar surface area (TPSA) is 43.4 Å². The van der Waals surface area contributed by atoms with Crippen molar-refractivity contribution >= 4 is 11.8 Å². The zero-order valence-corrected chi connectivity index (χ0v) is 15.8. The minimum Gasteiger partial charge on any atom is -0.458 e. The summed E-state index contributed by atoms with van der Waals surface area (Å²) in [4.78, 5) is 23.6. The van der Waals surface area contributed by atoms with Gasteiger partial charge in [-0.2, -0.15) is 0 Å². The maximum atomic E-state index is 12.0. The van der Waals surface area contributed by atoms with Crippen molar-refractivity contribution in [3.05, 3.63) is 34.9 Å². The summed E-state index contributed by atoms with van der Waals surface area (Å²) in [6.07, 6.45) is 13.8. The van der Waals surface area contributed by atoms with E-state index in [1.54, 1.807) is 11.6 Å². The molecule has 4 aliphatic carbocycles. The third kappa shape index (κ3) is 2.12. The molecule has 5 unspecified atom stereocenters. The molecule has 1 aliphatic heterocycles. The molecule has 5 aliphatic rings. The van der Waals surface area contributed by atoms with Gasteiger partial charge in [-0.1, -0.05) is 31.6 Å². The molecule has 0 aromatic heterocycles. The van der Waals surface area contributed by atoms with E-state index in [2.05, 4.69) is 26.0 Å². The lowest BCUT2D eigenvalue weighted by atomic mass is 9.46. The van der Waals surface area contributed by atoms with E-state index >= 15 is 0 Å². The molecule has 0 aromatic carbocycles. The van der Waals surface area contributed by atoms with Crippen LogP contribution in [-0.2, 0) is 14.3 Å². The fourth-order valence-electron chi connectivity index (χ4n) is 7.03. The van der Waals surface area contributed by atoms with Crippen LogP contribution in [0.4, 0.5) is 0 Å². The van der Waals surface area contributed by atoms with Crippen LogP contribution in [0.2, 0.25) is 0 Å². The molecule has 138 valence electrons. The molecule has 26 heavy (non-hydrogen) atoms. The van der Waals surface area contributed by atoms with E-state index in [0.717, 1.165) is 31.3 Å². The summed E-state index contributed by atoms with van der Waals surface area (Å²) >= 11 is 0. The standard InChI is InChI=1S/C23H28O3/c1-22-9-7-16(24)12-15(22)3-4-17-19-6-5-18(14-11-21(25)26-13-14)23(19,2)10-8-20(17)22/h5-6,11,15,17,20H,3-4,7-10,12-13H2,1-2H3. The van der Waals surface area contributed by atoms with Crippen molar-refractivity contribution in [3.8, 4) is 0 Å². The number of fused-ring (bicyclic) bond motifs is 5. The number of hydrogen-bond donors (Lipinski definition) is 0. The molecule has 0 aromatic rings. The van der Waals surface area contributed by atoms with Gasteiger partial charge in [0.1, 0.15) is 12.4 Å². The number of Topliss-reactive ketones (excluding diaryl/α,β-unsaturated/α-hetero) is 1. The molecule has 3 nitrogen and oxygen atoms in total. The Hall–Kier alpha value is -1.64. The normalized spacial score (nSPS) is 44.4. The van der Waals surface area contributed by atoms with E-state index in [4.69, 9.17) is 4.74 Å². The van der Waals surface area contributed by atoms with E-state index < -0.39 is 0 Å². The van der Waals surface area contributed by atoms with E-state index in [0.29, 0.717) is 35.6 Å². The Labute approximate surface area is 155 Å². The molecule has 5 rings (SSSR count). The quantitative estimate of drug-likeness (QED) is 0.651. The Balaban J connectivity index is 1.45. The molecule has 0 N–H and O–H groups in total. The summed E-state index contributed by atoms with van der Waals surface area (Å²) in [5.41, 5.74) is 4.36. The Morgan fingerprint density at radius 3 is 2.69 bits per heavy atom. The van der Waals surface area contributed by atoms with Gasteiger partial charge in [0, 0.05) is 29.9 Å². The van der Waals surface area contributed by atoms with Gasteiger partial charge in [0.05, 0.1) is 0 Å². The summed E-state index contributed by atoms with van der Waals surface area (Å²) < 4.78 is 5.18. The van der Waals surface area contributed by atoms with Crippen LogP contribution in [0.25, 0.3) is 0 Å². The highest BCUT2D eigenvalue weighted by atomic mass is 16.5. The summed E-state index contributed by atoms with van der Waals surface area (Å²) in [6, 6.07) is 0. The van der Waals surface area contributed by atoms with Crippen LogP contribution < -0.4 is 0 Å². The Kier molecular flexibility index (Phi) is 3.45. The van der Waals surface area contributed by atoms with Gasteiger partial charge in [-0.25, -0.2) is 4.79 Å². The van der Waals surface area contributed by atoms with Crippen LogP contribution in [-0.4, -0.2) is 18.4 Å². The van der Waals surface area contributed by atoms with E-state index in [9.17, 15) is 9.59 Å². The van der Waals surface area contributed by atoms with Crippen LogP contribution >= 0.6 is 0 Å². The van der Waals surface area contributed by atoms with Crippen molar-refractivity contribution in [1.82, 2.24) is 0 Å². The summed E-state index contributed by atoms with van der Waals surface area (Å²) in [5.74, 6) is 2.21. The van der Waals surface area contributed by atoms with Crippen molar-refractivity contribution in [2.75, 3.05) is 6.61 Å². The molecule has 0 bridgehead atoms. The largest absolute Gasteiger partial charge is 0.458 e.